The quantitative estimate of drug-likeness (QED) is 0.716. The standard InChI is InChI=1S/C20H23N3O2/c1-15-21-18-13-17(20(24)25)9-10-19(18)23(15)12-6-11-22(2)14-16-7-4-3-5-8-16/h3-5,7-10,13H,6,11-12,14H2,1-2H3,(H,24,25). The molecule has 1 heterocycles. The molecule has 5 heteroatoms. The number of aromatic carboxylic acids is 1. The molecular formula is C20H23N3O2. The van der Waals surface area contributed by atoms with Crippen molar-refractivity contribution in [3.8, 4) is 0 Å². The molecule has 0 aliphatic rings. The van der Waals surface area contributed by atoms with E-state index in [1.54, 1.807) is 12.1 Å². The highest BCUT2D eigenvalue weighted by atomic mass is 16.4. The lowest BCUT2D eigenvalue weighted by Gasteiger charge is -2.17. The monoisotopic (exact) mass is 337 g/mol. The predicted octanol–water partition coefficient (Wildman–Crippen LogP) is 3.57. The van der Waals surface area contributed by atoms with Crippen molar-refractivity contribution in [1.29, 1.82) is 0 Å². The fourth-order valence-corrected chi connectivity index (χ4v) is 3.14. The second-order valence-corrected chi connectivity index (χ2v) is 6.40. The van der Waals surface area contributed by atoms with Crippen LogP contribution in [0.2, 0.25) is 0 Å². The van der Waals surface area contributed by atoms with Gasteiger partial charge in [-0.2, -0.15) is 0 Å². The molecule has 0 saturated heterocycles. The van der Waals surface area contributed by atoms with Gasteiger partial charge in [-0.15, -0.1) is 0 Å². The van der Waals surface area contributed by atoms with E-state index in [0.29, 0.717) is 0 Å². The van der Waals surface area contributed by atoms with Crippen LogP contribution in [0.1, 0.15) is 28.2 Å². The maximum Gasteiger partial charge on any atom is 0.335 e. The van der Waals surface area contributed by atoms with Crippen LogP contribution in [0.15, 0.2) is 48.5 Å². The lowest BCUT2D eigenvalue weighted by atomic mass is 10.2. The van der Waals surface area contributed by atoms with E-state index in [-0.39, 0.29) is 5.56 Å². The molecule has 0 aliphatic heterocycles. The zero-order chi connectivity index (χ0) is 17.8. The lowest BCUT2D eigenvalue weighted by molar-refractivity contribution is 0.0697. The molecule has 25 heavy (non-hydrogen) atoms. The molecule has 0 radical (unpaired) electrons. The molecule has 0 bridgehead atoms. The van der Waals surface area contributed by atoms with Gasteiger partial charge in [0, 0.05) is 13.1 Å². The Labute approximate surface area is 147 Å². The first-order valence-corrected chi connectivity index (χ1v) is 8.47. The molecule has 2 aromatic carbocycles. The van der Waals surface area contributed by atoms with E-state index >= 15 is 0 Å². The summed E-state index contributed by atoms with van der Waals surface area (Å²) in [6.07, 6.45) is 1.01. The molecule has 0 saturated carbocycles. The summed E-state index contributed by atoms with van der Waals surface area (Å²) in [6.45, 7) is 4.76. The van der Waals surface area contributed by atoms with Gasteiger partial charge in [-0.25, -0.2) is 9.78 Å². The van der Waals surface area contributed by atoms with Crippen molar-refractivity contribution in [2.75, 3.05) is 13.6 Å². The number of carbonyl (C=O) groups is 1. The smallest absolute Gasteiger partial charge is 0.335 e. The third kappa shape index (κ3) is 4.06. The van der Waals surface area contributed by atoms with Crippen molar-refractivity contribution in [3.63, 3.8) is 0 Å². The molecule has 1 aromatic heterocycles. The number of rotatable bonds is 7. The van der Waals surface area contributed by atoms with E-state index in [2.05, 4.69) is 45.8 Å². The average Bonchev–Trinajstić information content (AvgIpc) is 2.90. The van der Waals surface area contributed by atoms with E-state index in [1.807, 2.05) is 19.1 Å². The number of carboxylic acid groups (broad SMARTS) is 1. The molecule has 0 unspecified atom stereocenters. The fraction of sp³-hybridized carbons (Fsp3) is 0.300. The number of nitrogens with zero attached hydrogens (tertiary/aromatic N) is 3. The van der Waals surface area contributed by atoms with Crippen molar-refractivity contribution in [2.24, 2.45) is 0 Å². The maximum atomic E-state index is 11.1. The van der Waals surface area contributed by atoms with E-state index in [4.69, 9.17) is 5.11 Å². The van der Waals surface area contributed by atoms with Crippen LogP contribution in [0.25, 0.3) is 11.0 Å². The third-order valence-electron chi connectivity index (χ3n) is 4.40. The van der Waals surface area contributed by atoms with Crippen LogP contribution in [0, 0.1) is 6.92 Å². The Morgan fingerprint density at radius 2 is 1.96 bits per heavy atom. The van der Waals surface area contributed by atoms with Gasteiger partial charge in [-0.3, -0.25) is 0 Å². The number of fused-ring (bicyclic) bond motifs is 1. The minimum absolute atomic E-state index is 0.278. The van der Waals surface area contributed by atoms with E-state index in [1.165, 1.54) is 5.56 Å². The van der Waals surface area contributed by atoms with Crippen molar-refractivity contribution in [1.82, 2.24) is 14.5 Å². The van der Waals surface area contributed by atoms with Crippen LogP contribution in [0.5, 0.6) is 0 Å². The third-order valence-corrected chi connectivity index (χ3v) is 4.40. The number of hydrogen-bond donors (Lipinski definition) is 1. The van der Waals surface area contributed by atoms with Gasteiger partial charge in [0.2, 0.25) is 0 Å². The molecule has 130 valence electrons. The number of imidazole rings is 1. The highest BCUT2D eigenvalue weighted by Gasteiger charge is 2.11. The van der Waals surface area contributed by atoms with Crippen molar-refractivity contribution >= 4 is 17.0 Å². The highest BCUT2D eigenvalue weighted by Crippen LogP contribution is 2.18. The van der Waals surface area contributed by atoms with Crippen LogP contribution in [0.3, 0.4) is 0 Å². The van der Waals surface area contributed by atoms with Gasteiger partial charge in [0.1, 0.15) is 5.82 Å². The Morgan fingerprint density at radius 1 is 1.20 bits per heavy atom. The SMILES string of the molecule is Cc1nc2cc(C(=O)O)ccc2n1CCCN(C)Cc1ccccc1. The topological polar surface area (TPSA) is 58.4 Å². The van der Waals surface area contributed by atoms with Gasteiger partial charge in [0.05, 0.1) is 16.6 Å². The molecule has 0 aliphatic carbocycles. The summed E-state index contributed by atoms with van der Waals surface area (Å²) in [5.41, 5.74) is 3.33. The van der Waals surface area contributed by atoms with Gasteiger partial charge in [0.25, 0.3) is 0 Å². The number of carboxylic acids is 1. The Hall–Kier alpha value is -2.66. The summed E-state index contributed by atoms with van der Waals surface area (Å²) >= 11 is 0. The number of benzene rings is 2. The molecule has 0 spiro atoms. The molecule has 0 amide bonds. The normalized spacial score (nSPS) is 11.3. The van der Waals surface area contributed by atoms with Crippen LogP contribution >= 0.6 is 0 Å². The Balaban J connectivity index is 1.63. The molecule has 1 N–H and O–H groups in total. The van der Waals surface area contributed by atoms with Gasteiger partial charge in [0.15, 0.2) is 0 Å². The summed E-state index contributed by atoms with van der Waals surface area (Å²) in [5.74, 6) is -0.000101. The average molecular weight is 337 g/mol. The minimum Gasteiger partial charge on any atom is -0.478 e. The van der Waals surface area contributed by atoms with Gasteiger partial charge in [-0.05, 0) is 50.7 Å². The Kier molecular flexibility index (Phi) is 5.14. The largest absolute Gasteiger partial charge is 0.478 e. The first-order chi connectivity index (χ1) is 12.0. The highest BCUT2D eigenvalue weighted by molar-refractivity contribution is 5.92. The van der Waals surface area contributed by atoms with Crippen molar-refractivity contribution in [3.05, 3.63) is 65.5 Å². The number of aryl methyl sites for hydroxylation is 2. The summed E-state index contributed by atoms with van der Waals surface area (Å²) in [6, 6.07) is 15.6. The van der Waals surface area contributed by atoms with Gasteiger partial charge < -0.3 is 14.6 Å². The van der Waals surface area contributed by atoms with Crippen LogP contribution < -0.4 is 0 Å². The Morgan fingerprint density at radius 3 is 2.68 bits per heavy atom. The molecule has 0 atom stereocenters. The summed E-state index contributed by atoms with van der Waals surface area (Å²) in [4.78, 5) is 17.9. The van der Waals surface area contributed by atoms with Gasteiger partial charge >= 0.3 is 5.97 Å². The summed E-state index contributed by atoms with van der Waals surface area (Å²) < 4.78 is 2.16. The van der Waals surface area contributed by atoms with E-state index < -0.39 is 5.97 Å². The maximum absolute atomic E-state index is 11.1. The lowest BCUT2D eigenvalue weighted by Crippen LogP contribution is -2.20. The molecular weight excluding hydrogens is 314 g/mol. The molecule has 5 nitrogen and oxygen atoms in total. The minimum atomic E-state index is -0.920. The number of hydrogen-bond acceptors (Lipinski definition) is 3. The van der Waals surface area contributed by atoms with Gasteiger partial charge in [-0.1, -0.05) is 30.3 Å². The summed E-state index contributed by atoms with van der Waals surface area (Å²) in [7, 11) is 2.13. The van der Waals surface area contributed by atoms with Crippen LogP contribution in [-0.2, 0) is 13.1 Å². The Bertz CT molecular complexity index is 871. The van der Waals surface area contributed by atoms with Crippen molar-refractivity contribution in [2.45, 2.75) is 26.4 Å². The van der Waals surface area contributed by atoms with E-state index in [0.717, 1.165) is 42.9 Å². The predicted molar refractivity (Wildman–Crippen MR) is 98.8 cm³/mol. The van der Waals surface area contributed by atoms with Crippen LogP contribution in [0.4, 0.5) is 0 Å². The summed E-state index contributed by atoms with van der Waals surface area (Å²) in [5, 5.41) is 9.10. The second kappa shape index (κ2) is 7.49. The molecule has 3 aromatic rings. The molecule has 0 fully saturated rings. The number of aromatic nitrogens is 2. The first-order valence-electron chi connectivity index (χ1n) is 8.47. The second-order valence-electron chi connectivity index (χ2n) is 6.40. The molecule has 3 rings (SSSR count). The van der Waals surface area contributed by atoms with Crippen LogP contribution in [-0.4, -0.2) is 39.1 Å². The van der Waals surface area contributed by atoms with Crippen molar-refractivity contribution < 1.29 is 9.90 Å². The fourth-order valence-electron chi connectivity index (χ4n) is 3.14. The van der Waals surface area contributed by atoms with E-state index in [9.17, 15) is 4.79 Å². The zero-order valence-corrected chi connectivity index (χ0v) is 14.6. The first kappa shape index (κ1) is 17.2. The zero-order valence-electron chi connectivity index (χ0n) is 14.6.